The van der Waals surface area contributed by atoms with E-state index in [4.69, 9.17) is 0 Å². The number of carbonyl (C=O) groups is 1. The van der Waals surface area contributed by atoms with Gasteiger partial charge in [-0.2, -0.15) is 5.10 Å². The van der Waals surface area contributed by atoms with Crippen LogP contribution in [0.25, 0.3) is 10.9 Å². The number of benzene rings is 2. The Morgan fingerprint density at radius 1 is 1.21 bits per heavy atom. The standard InChI is InChI=1S/C18H14FN3O2/c1-11-5-2-3-6-12(11)9-21-22-18(24)14-10-20-16-13(17(14)23)7-4-8-15(16)19/h2-10H,1H3,(H,20,23)(H,22,24)/b21-9+. The summed E-state index contributed by atoms with van der Waals surface area (Å²) in [5, 5.41) is 3.98. The number of aromatic amines is 1. The Morgan fingerprint density at radius 3 is 2.79 bits per heavy atom. The van der Waals surface area contributed by atoms with Crippen molar-refractivity contribution in [3.63, 3.8) is 0 Å². The van der Waals surface area contributed by atoms with E-state index in [0.717, 1.165) is 11.1 Å². The fraction of sp³-hybridized carbons (Fsp3) is 0.0556. The van der Waals surface area contributed by atoms with Gasteiger partial charge in [-0.15, -0.1) is 0 Å². The van der Waals surface area contributed by atoms with Crippen LogP contribution in [-0.2, 0) is 0 Å². The molecule has 1 amide bonds. The molecule has 0 bridgehead atoms. The summed E-state index contributed by atoms with van der Waals surface area (Å²) in [6.45, 7) is 1.92. The number of aryl methyl sites for hydroxylation is 1. The highest BCUT2D eigenvalue weighted by molar-refractivity contribution is 5.97. The van der Waals surface area contributed by atoms with Crippen LogP contribution >= 0.6 is 0 Å². The largest absolute Gasteiger partial charge is 0.358 e. The maximum absolute atomic E-state index is 13.6. The molecule has 24 heavy (non-hydrogen) atoms. The van der Waals surface area contributed by atoms with Gasteiger partial charge in [-0.25, -0.2) is 9.82 Å². The Hall–Kier alpha value is -3.28. The van der Waals surface area contributed by atoms with Gasteiger partial charge in [-0.05, 0) is 30.2 Å². The number of fused-ring (bicyclic) bond motifs is 1. The van der Waals surface area contributed by atoms with Gasteiger partial charge in [0.2, 0.25) is 5.43 Å². The van der Waals surface area contributed by atoms with Gasteiger partial charge in [0, 0.05) is 11.6 Å². The molecule has 3 aromatic rings. The van der Waals surface area contributed by atoms with Crippen molar-refractivity contribution in [1.29, 1.82) is 0 Å². The van der Waals surface area contributed by atoms with E-state index in [-0.39, 0.29) is 16.5 Å². The van der Waals surface area contributed by atoms with Crippen LogP contribution in [0.15, 0.2) is 58.6 Å². The van der Waals surface area contributed by atoms with Crippen LogP contribution < -0.4 is 10.9 Å². The molecular formula is C18H14FN3O2. The van der Waals surface area contributed by atoms with E-state index in [2.05, 4.69) is 15.5 Å². The van der Waals surface area contributed by atoms with Gasteiger partial charge in [0.05, 0.1) is 11.7 Å². The van der Waals surface area contributed by atoms with Crippen molar-refractivity contribution in [2.45, 2.75) is 6.92 Å². The van der Waals surface area contributed by atoms with Crippen molar-refractivity contribution in [3.8, 4) is 0 Å². The molecule has 0 fully saturated rings. The lowest BCUT2D eigenvalue weighted by molar-refractivity contribution is 0.0954. The molecule has 120 valence electrons. The minimum absolute atomic E-state index is 0.0717. The molecule has 0 spiro atoms. The predicted molar refractivity (Wildman–Crippen MR) is 90.8 cm³/mol. The zero-order valence-electron chi connectivity index (χ0n) is 12.8. The molecule has 5 nitrogen and oxygen atoms in total. The van der Waals surface area contributed by atoms with Crippen LogP contribution in [0.4, 0.5) is 4.39 Å². The maximum Gasteiger partial charge on any atom is 0.276 e. The quantitative estimate of drug-likeness (QED) is 0.574. The molecule has 1 heterocycles. The minimum Gasteiger partial charge on any atom is -0.358 e. The SMILES string of the molecule is Cc1ccccc1/C=N/NC(=O)c1c[nH]c2c(F)cccc2c1=O. The van der Waals surface area contributed by atoms with E-state index in [1.54, 1.807) is 0 Å². The third-order valence-corrected chi connectivity index (χ3v) is 3.67. The monoisotopic (exact) mass is 323 g/mol. The van der Waals surface area contributed by atoms with E-state index in [9.17, 15) is 14.0 Å². The lowest BCUT2D eigenvalue weighted by atomic mass is 10.1. The van der Waals surface area contributed by atoms with Gasteiger partial charge >= 0.3 is 0 Å². The van der Waals surface area contributed by atoms with Crippen LogP contribution in [0, 0.1) is 12.7 Å². The zero-order valence-corrected chi connectivity index (χ0v) is 12.8. The van der Waals surface area contributed by atoms with Crippen molar-refractivity contribution < 1.29 is 9.18 Å². The van der Waals surface area contributed by atoms with Crippen molar-refractivity contribution in [1.82, 2.24) is 10.4 Å². The number of pyridine rings is 1. The predicted octanol–water partition coefficient (Wildman–Crippen LogP) is 2.74. The normalized spacial score (nSPS) is 11.1. The Bertz CT molecular complexity index is 1010. The Kier molecular flexibility index (Phi) is 4.20. The van der Waals surface area contributed by atoms with Gasteiger partial charge in [0.15, 0.2) is 0 Å². The van der Waals surface area contributed by atoms with Gasteiger partial charge in [-0.3, -0.25) is 9.59 Å². The number of halogens is 1. The minimum atomic E-state index is -0.660. The molecular weight excluding hydrogens is 309 g/mol. The number of hydrogen-bond acceptors (Lipinski definition) is 3. The maximum atomic E-state index is 13.6. The number of aromatic nitrogens is 1. The first-order chi connectivity index (χ1) is 11.6. The molecule has 2 N–H and O–H groups in total. The van der Waals surface area contributed by atoms with Crippen molar-refractivity contribution in [2.75, 3.05) is 0 Å². The van der Waals surface area contributed by atoms with E-state index in [0.29, 0.717) is 0 Å². The molecule has 1 aromatic heterocycles. The van der Waals surface area contributed by atoms with Crippen LogP contribution in [0.2, 0.25) is 0 Å². The van der Waals surface area contributed by atoms with Crippen molar-refractivity contribution >= 4 is 23.0 Å². The van der Waals surface area contributed by atoms with Crippen molar-refractivity contribution in [3.05, 3.63) is 81.4 Å². The van der Waals surface area contributed by atoms with Crippen LogP contribution in [0.1, 0.15) is 21.5 Å². The van der Waals surface area contributed by atoms with Gasteiger partial charge in [0.25, 0.3) is 5.91 Å². The van der Waals surface area contributed by atoms with E-state index in [1.807, 2.05) is 31.2 Å². The lowest BCUT2D eigenvalue weighted by Crippen LogP contribution is -2.25. The number of nitrogens with zero attached hydrogens (tertiary/aromatic N) is 1. The summed E-state index contributed by atoms with van der Waals surface area (Å²) in [7, 11) is 0. The molecule has 2 aromatic carbocycles. The number of para-hydroxylation sites is 1. The number of hydrazone groups is 1. The smallest absolute Gasteiger partial charge is 0.276 e. The second-order valence-electron chi connectivity index (χ2n) is 5.25. The Labute approximate surface area is 136 Å². The van der Waals surface area contributed by atoms with Crippen LogP contribution in [0.5, 0.6) is 0 Å². The number of carbonyl (C=O) groups excluding carboxylic acids is 1. The molecule has 0 aliphatic carbocycles. The van der Waals surface area contributed by atoms with Crippen molar-refractivity contribution in [2.24, 2.45) is 5.10 Å². The second kappa shape index (κ2) is 6.45. The van der Waals surface area contributed by atoms with Gasteiger partial charge in [0.1, 0.15) is 11.4 Å². The Morgan fingerprint density at radius 2 is 2.00 bits per heavy atom. The first kappa shape index (κ1) is 15.6. The molecule has 0 radical (unpaired) electrons. The van der Waals surface area contributed by atoms with E-state index < -0.39 is 17.2 Å². The number of nitrogens with one attached hydrogen (secondary N) is 2. The molecule has 6 heteroatoms. The summed E-state index contributed by atoms with van der Waals surface area (Å²) in [4.78, 5) is 27.1. The van der Waals surface area contributed by atoms with Gasteiger partial charge in [-0.1, -0.05) is 30.3 Å². The van der Waals surface area contributed by atoms with Crippen LogP contribution in [-0.4, -0.2) is 17.1 Å². The first-order valence-corrected chi connectivity index (χ1v) is 7.27. The number of amides is 1. The number of hydrogen-bond donors (Lipinski definition) is 2. The summed E-state index contributed by atoms with van der Waals surface area (Å²) >= 11 is 0. The van der Waals surface area contributed by atoms with E-state index in [1.165, 1.54) is 30.6 Å². The topological polar surface area (TPSA) is 74.3 Å². The fourth-order valence-electron chi connectivity index (χ4n) is 2.34. The third kappa shape index (κ3) is 2.94. The summed E-state index contributed by atoms with van der Waals surface area (Å²) in [5.74, 6) is -1.21. The first-order valence-electron chi connectivity index (χ1n) is 7.27. The molecule has 0 aliphatic rings. The molecule has 0 saturated heterocycles. The van der Waals surface area contributed by atoms with Gasteiger partial charge < -0.3 is 4.98 Å². The highest BCUT2D eigenvalue weighted by atomic mass is 19.1. The number of H-pyrrole nitrogens is 1. The molecule has 0 unspecified atom stereocenters. The Balaban J connectivity index is 1.86. The zero-order chi connectivity index (χ0) is 17.1. The second-order valence-corrected chi connectivity index (χ2v) is 5.25. The highest BCUT2D eigenvalue weighted by Gasteiger charge is 2.13. The lowest BCUT2D eigenvalue weighted by Gasteiger charge is -2.03. The summed E-state index contributed by atoms with van der Waals surface area (Å²) in [6.07, 6.45) is 2.69. The molecule has 0 atom stereocenters. The fourth-order valence-corrected chi connectivity index (χ4v) is 2.34. The number of rotatable bonds is 3. The average molecular weight is 323 g/mol. The average Bonchev–Trinajstić information content (AvgIpc) is 2.57. The summed E-state index contributed by atoms with van der Waals surface area (Å²) in [5.41, 5.74) is 3.57. The molecule has 3 rings (SSSR count). The third-order valence-electron chi connectivity index (χ3n) is 3.67. The molecule has 0 aliphatic heterocycles. The summed E-state index contributed by atoms with van der Waals surface area (Å²) < 4.78 is 13.6. The highest BCUT2D eigenvalue weighted by Crippen LogP contribution is 2.12. The van der Waals surface area contributed by atoms with Crippen LogP contribution in [0.3, 0.4) is 0 Å². The summed E-state index contributed by atoms with van der Waals surface area (Å²) in [6, 6.07) is 11.7. The van der Waals surface area contributed by atoms with E-state index >= 15 is 0 Å². The molecule has 0 saturated carbocycles.